The van der Waals surface area contributed by atoms with Gasteiger partial charge >= 0.3 is 0 Å². The Hall–Kier alpha value is -5.38. The predicted molar refractivity (Wildman–Crippen MR) is 229 cm³/mol. The van der Waals surface area contributed by atoms with E-state index in [1.807, 2.05) is 72.8 Å². The number of aryl methyl sites for hydroxylation is 1. The number of hydrogen-bond acceptors (Lipinski definition) is 6. The Kier molecular flexibility index (Phi) is 12.1. The average Bonchev–Trinajstić information content (AvgIpc) is 3.85. The highest BCUT2D eigenvalue weighted by Gasteiger charge is 2.61. The van der Waals surface area contributed by atoms with Crippen LogP contribution >= 0.6 is 0 Å². The summed E-state index contributed by atoms with van der Waals surface area (Å²) in [5, 5.41) is 1.15. The molecular weight excluding hydrogens is 735 g/mol. The molecule has 1 spiro atoms. The second-order valence-electron chi connectivity index (χ2n) is 15.5. The smallest absolute Gasteiger partial charge is 0.226 e. The Morgan fingerprint density at radius 2 is 1.12 bits per heavy atom. The molecule has 1 saturated heterocycles. The van der Waals surface area contributed by atoms with E-state index in [1.165, 1.54) is 11.1 Å². The van der Waals surface area contributed by atoms with Gasteiger partial charge in [-0.15, -0.1) is 0 Å². The van der Waals surface area contributed by atoms with Crippen LogP contribution in [-0.4, -0.2) is 35.6 Å². The maximum absolute atomic E-state index is 7.41. The maximum atomic E-state index is 7.41. The molecule has 0 N–H and O–H groups in total. The third kappa shape index (κ3) is 8.82. The van der Waals surface area contributed by atoms with E-state index in [1.54, 1.807) is 0 Å². The molecule has 2 aliphatic rings. The Morgan fingerprint density at radius 1 is 0.576 bits per heavy atom. The molecule has 7 nitrogen and oxygen atoms in total. The van der Waals surface area contributed by atoms with Gasteiger partial charge in [-0.3, -0.25) is 0 Å². The molecule has 1 aromatic heterocycles. The first-order valence-corrected chi connectivity index (χ1v) is 20.8. The summed E-state index contributed by atoms with van der Waals surface area (Å²) in [6.07, 6.45) is 0.693. The van der Waals surface area contributed by atoms with Crippen LogP contribution in [0.3, 0.4) is 0 Å². The van der Waals surface area contributed by atoms with Crippen LogP contribution in [0, 0.1) is 0 Å². The zero-order chi connectivity index (χ0) is 39.9. The van der Waals surface area contributed by atoms with Crippen molar-refractivity contribution in [2.75, 3.05) is 6.61 Å². The van der Waals surface area contributed by atoms with E-state index in [0.29, 0.717) is 33.0 Å². The lowest BCUT2D eigenvalue weighted by Gasteiger charge is -2.51. The molecule has 0 unspecified atom stereocenters. The second kappa shape index (κ2) is 18.3. The molecule has 0 saturated carbocycles. The molecule has 0 bridgehead atoms. The fraction of sp³-hybridized carbons (Fsp3) is 0.269. The quantitative estimate of drug-likeness (QED) is 0.0973. The minimum Gasteiger partial charge on any atom is -0.374 e. The molecule has 0 radical (unpaired) electrons. The minimum absolute atomic E-state index is 0.248. The lowest BCUT2D eigenvalue weighted by molar-refractivity contribution is -0.387. The molecule has 9 rings (SSSR count). The normalized spacial score (nSPS) is 21.2. The van der Waals surface area contributed by atoms with Crippen LogP contribution in [0.25, 0.3) is 10.9 Å². The lowest BCUT2D eigenvalue weighted by atomic mass is 9.86. The number of rotatable bonds is 16. The highest BCUT2D eigenvalue weighted by Crippen LogP contribution is 2.50. The Bertz CT molecular complexity index is 2390. The number of ether oxygens (including phenoxy) is 6. The summed E-state index contributed by atoms with van der Waals surface area (Å²) >= 11 is 0. The molecule has 0 aliphatic carbocycles. The van der Waals surface area contributed by atoms with Gasteiger partial charge in [-0.2, -0.15) is 0 Å². The summed E-state index contributed by atoms with van der Waals surface area (Å²) < 4.78 is 44.4. The van der Waals surface area contributed by atoms with Gasteiger partial charge in [-0.1, -0.05) is 153 Å². The lowest BCUT2D eigenvalue weighted by Crippen LogP contribution is -2.65. The largest absolute Gasteiger partial charge is 0.374 e. The van der Waals surface area contributed by atoms with Crippen molar-refractivity contribution in [1.82, 2.24) is 4.57 Å². The molecule has 7 aromatic rings. The molecule has 6 aromatic carbocycles. The molecule has 3 heterocycles. The summed E-state index contributed by atoms with van der Waals surface area (Å²) in [6.45, 7) is 4.99. The molecule has 1 fully saturated rings. The number of nitrogens with zero attached hydrogens (tertiary/aromatic N) is 1. The fourth-order valence-electron chi connectivity index (χ4n) is 8.38. The Labute approximate surface area is 347 Å². The van der Waals surface area contributed by atoms with E-state index in [4.69, 9.17) is 28.4 Å². The molecule has 7 heteroatoms. The summed E-state index contributed by atoms with van der Waals surface area (Å²) in [6, 6.07) is 56.5. The molecule has 59 heavy (non-hydrogen) atoms. The fourth-order valence-corrected chi connectivity index (χ4v) is 8.38. The van der Waals surface area contributed by atoms with Gasteiger partial charge in [-0.25, -0.2) is 0 Å². The number of aromatic nitrogens is 1. The van der Waals surface area contributed by atoms with Crippen molar-refractivity contribution in [3.8, 4) is 0 Å². The number of benzene rings is 6. The van der Waals surface area contributed by atoms with E-state index in [-0.39, 0.29) is 6.61 Å². The van der Waals surface area contributed by atoms with Gasteiger partial charge in [0.05, 0.1) is 39.6 Å². The first-order chi connectivity index (χ1) is 29.1. The highest BCUT2D eigenvalue weighted by atomic mass is 16.7. The molecule has 5 atom stereocenters. The van der Waals surface area contributed by atoms with Crippen molar-refractivity contribution in [2.24, 2.45) is 0 Å². The average molecular weight is 786 g/mol. The van der Waals surface area contributed by atoms with Crippen molar-refractivity contribution in [2.45, 2.75) is 83.1 Å². The monoisotopic (exact) mass is 785 g/mol. The second-order valence-corrected chi connectivity index (χ2v) is 15.5. The SMILES string of the molecule is CCc1ccc(Cn2ccc3cc4c(cc32)[C@]2(OC4)O[C@H](COCc3ccccc3)[C@H](OCc3ccccc3)[C@H](OCc3ccccc3)[C@H]2OCc2ccccc2)cc1. The first-order valence-electron chi connectivity index (χ1n) is 20.8. The number of fused-ring (bicyclic) bond motifs is 3. The van der Waals surface area contributed by atoms with Crippen molar-refractivity contribution < 1.29 is 28.4 Å². The van der Waals surface area contributed by atoms with Crippen LogP contribution in [-0.2, 0) is 80.2 Å². The van der Waals surface area contributed by atoms with Gasteiger partial charge in [0.1, 0.15) is 24.4 Å². The van der Waals surface area contributed by atoms with Crippen LogP contribution < -0.4 is 0 Å². The Balaban J connectivity index is 1.13. The molecular formula is C52H51NO6. The summed E-state index contributed by atoms with van der Waals surface area (Å²) in [5.41, 5.74) is 9.89. The maximum Gasteiger partial charge on any atom is 0.226 e. The molecule has 300 valence electrons. The standard InChI is InChI=1S/C52H51NO6/c1-2-38-23-25-39(26-24-38)31-53-28-27-44-29-45-36-58-52(46(45)30-47(44)53)51(57-35-43-21-13-6-14-22-43)50(56-34-42-19-11-5-12-20-42)49(55-33-41-17-9-4-10-18-41)48(59-52)37-54-32-40-15-7-3-8-16-40/h3-30,48-51H,2,31-37H2,1H3/t48-,49+,50+,51-,52+/m1/s1. The van der Waals surface area contributed by atoms with Crippen LogP contribution in [0.1, 0.15) is 51.4 Å². The summed E-state index contributed by atoms with van der Waals surface area (Å²) in [4.78, 5) is 0. The third-order valence-electron chi connectivity index (χ3n) is 11.5. The molecule has 0 amide bonds. The van der Waals surface area contributed by atoms with E-state index in [2.05, 4.69) is 109 Å². The predicted octanol–water partition coefficient (Wildman–Crippen LogP) is 10.3. The van der Waals surface area contributed by atoms with Crippen molar-refractivity contribution in [3.63, 3.8) is 0 Å². The third-order valence-corrected chi connectivity index (χ3v) is 11.5. The van der Waals surface area contributed by atoms with Gasteiger partial charge in [0.2, 0.25) is 5.79 Å². The number of hydrogen-bond donors (Lipinski definition) is 0. The molecule has 2 aliphatic heterocycles. The van der Waals surface area contributed by atoms with E-state index >= 15 is 0 Å². The highest BCUT2D eigenvalue weighted by molar-refractivity contribution is 5.82. The van der Waals surface area contributed by atoms with Crippen LogP contribution in [0.4, 0.5) is 0 Å². The van der Waals surface area contributed by atoms with Crippen LogP contribution in [0.2, 0.25) is 0 Å². The van der Waals surface area contributed by atoms with Crippen LogP contribution in [0.15, 0.2) is 170 Å². The van der Waals surface area contributed by atoms with Gasteiger partial charge < -0.3 is 33.0 Å². The topological polar surface area (TPSA) is 60.3 Å². The van der Waals surface area contributed by atoms with Crippen molar-refractivity contribution in [1.29, 1.82) is 0 Å². The van der Waals surface area contributed by atoms with E-state index in [9.17, 15) is 0 Å². The first kappa shape index (κ1) is 39.1. The van der Waals surface area contributed by atoms with E-state index < -0.39 is 30.2 Å². The minimum atomic E-state index is -1.33. The van der Waals surface area contributed by atoms with Gasteiger partial charge in [0.15, 0.2) is 0 Å². The summed E-state index contributed by atoms with van der Waals surface area (Å²) in [5.74, 6) is -1.33. The zero-order valence-electron chi connectivity index (χ0n) is 33.5. The van der Waals surface area contributed by atoms with Crippen LogP contribution in [0.5, 0.6) is 0 Å². The van der Waals surface area contributed by atoms with Gasteiger partial charge in [0, 0.05) is 23.8 Å². The summed E-state index contributed by atoms with van der Waals surface area (Å²) in [7, 11) is 0. The van der Waals surface area contributed by atoms with Gasteiger partial charge in [-0.05, 0) is 69.0 Å². The van der Waals surface area contributed by atoms with Crippen molar-refractivity contribution in [3.05, 3.63) is 214 Å². The van der Waals surface area contributed by atoms with Gasteiger partial charge in [0.25, 0.3) is 0 Å². The van der Waals surface area contributed by atoms with E-state index in [0.717, 1.165) is 57.2 Å². The van der Waals surface area contributed by atoms with Crippen molar-refractivity contribution >= 4 is 10.9 Å². The Morgan fingerprint density at radius 3 is 1.71 bits per heavy atom. The zero-order valence-corrected chi connectivity index (χ0v) is 33.5.